The standard InChI is InChI=1S/C14H6Cl3NO2S/c15-6-1-2-12-11(3-6)18-13(21-12)7-4-9(16)10(17)5-8(7)14(19)20/h1-5H,(H,19,20). The highest BCUT2D eigenvalue weighted by atomic mass is 35.5. The third-order valence-corrected chi connectivity index (χ3v) is 4.90. The Morgan fingerprint density at radius 3 is 2.52 bits per heavy atom. The summed E-state index contributed by atoms with van der Waals surface area (Å²) in [5.41, 5.74) is 1.22. The zero-order chi connectivity index (χ0) is 15.1. The van der Waals surface area contributed by atoms with E-state index in [1.54, 1.807) is 12.1 Å². The number of carboxylic acid groups (broad SMARTS) is 1. The molecule has 0 spiro atoms. The van der Waals surface area contributed by atoms with Crippen LogP contribution in [0.15, 0.2) is 30.3 Å². The maximum Gasteiger partial charge on any atom is 0.336 e. The molecule has 0 saturated heterocycles. The van der Waals surface area contributed by atoms with Crippen LogP contribution in [0.5, 0.6) is 0 Å². The SMILES string of the molecule is O=C(O)c1cc(Cl)c(Cl)cc1-c1nc2cc(Cl)ccc2s1. The average molecular weight is 359 g/mol. The van der Waals surface area contributed by atoms with E-state index >= 15 is 0 Å². The third kappa shape index (κ3) is 2.72. The number of hydrogen-bond acceptors (Lipinski definition) is 3. The van der Waals surface area contributed by atoms with Crippen LogP contribution in [0.4, 0.5) is 0 Å². The quantitative estimate of drug-likeness (QED) is 0.646. The summed E-state index contributed by atoms with van der Waals surface area (Å²) in [7, 11) is 0. The van der Waals surface area contributed by atoms with Gasteiger partial charge in [-0.05, 0) is 30.3 Å². The van der Waals surface area contributed by atoms with E-state index in [0.29, 0.717) is 21.1 Å². The first kappa shape index (κ1) is 14.6. The van der Waals surface area contributed by atoms with Crippen LogP contribution in [-0.4, -0.2) is 16.1 Å². The molecule has 21 heavy (non-hydrogen) atoms. The summed E-state index contributed by atoms with van der Waals surface area (Å²) in [6.07, 6.45) is 0. The lowest BCUT2D eigenvalue weighted by Crippen LogP contribution is -1.99. The van der Waals surface area contributed by atoms with Gasteiger partial charge in [-0.15, -0.1) is 11.3 Å². The van der Waals surface area contributed by atoms with E-state index in [4.69, 9.17) is 34.8 Å². The Kier molecular flexibility index (Phi) is 3.80. The van der Waals surface area contributed by atoms with Crippen molar-refractivity contribution in [3.8, 4) is 10.6 Å². The van der Waals surface area contributed by atoms with Crippen molar-refractivity contribution in [3.05, 3.63) is 51.0 Å². The molecule has 0 bridgehead atoms. The summed E-state index contributed by atoms with van der Waals surface area (Å²) in [5, 5.41) is 10.9. The zero-order valence-corrected chi connectivity index (χ0v) is 13.3. The molecule has 0 saturated carbocycles. The Bertz CT molecular complexity index is 876. The first-order chi connectivity index (χ1) is 9.95. The summed E-state index contributed by atoms with van der Waals surface area (Å²) in [5.74, 6) is -1.08. The van der Waals surface area contributed by atoms with Gasteiger partial charge in [0.15, 0.2) is 0 Å². The van der Waals surface area contributed by atoms with Crippen LogP contribution >= 0.6 is 46.1 Å². The first-order valence-corrected chi connectivity index (χ1v) is 7.69. The molecule has 0 aliphatic rings. The zero-order valence-electron chi connectivity index (χ0n) is 10.2. The van der Waals surface area contributed by atoms with Gasteiger partial charge in [0.25, 0.3) is 0 Å². The molecule has 1 heterocycles. The predicted octanol–water partition coefficient (Wildman–Crippen LogP) is 5.62. The normalized spacial score (nSPS) is 11.0. The number of halogens is 3. The van der Waals surface area contributed by atoms with Crippen LogP contribution in [0.2, 0.25) is 15.1 Å². The van der Waals surface area contributed by atoms with Gasteiger partial charge in [0.1, 0.15) is 5.01 Å². The van der Waals surface area contributed by atoms with Crippen molar-refractivity contribution in [2.24, 2.45) is 0 Å². The van der Waals surface area contributed by atoms with E-state index in [0.717, 1.165) is 4.70 Å². The molecule has 0 amide bonds. The molecule has 0 radical (unpaired) electrons. The minimum absolute atomic E-state index is 0.0644. The number of thiazole rings is 1. The maximum atomic E-state index is 11.4. The minimum atomic E-state index is -1.08. The average Bonchev–Trinajstić information content (AvgIpc) is 2.83. The van der Waals surface area contributed by atoms with Crippen molar-refractivity contribution in [3.63, 3.8) is 0 Å². The highest BCUT2D eigenvalue weighted by Crippen LogP contribution is 2.37. The lowest BCUT2D eigenvalue weighted by atomic mass is 10.1. The fourth-order valence-electron chi connectivity index (χ4n) is 1.92. The third-order valence-electron chi connectivity index (χ3n) is 2.87. The number of carboxylic acids is 1. The van der Waals surface area contributed by atoms with E-state index in [9.17, 15) is 9.90 Å². The van der Waals surface area contributed by atoms with Gasteiger partial charge < -0.3 is 5.11 Å². The molecule has 3 nitrogen and oxygen atoms in total. The molecule has 0 unspecified atom stereocenters. The minimum Gasteiger partial charge on any atom is -0.478 e. The highest BCUT2D eigenvalue weighted by molar-refractivity contribution is 7.21. The maximum absolute atomic E-state index is 11.4. The summed E-state index contributed by atoms with van der Waals surface area (Å²) in [6, 6.07) is 8.19. The Balaban J connectivity index is 2.26. The molecule has 1 N–H and O–H groups in total. The molecule has 0 fully saturated rings. The number of aromatic carboxylic acids is 1. The second kappa shape index (κ2) is 5.46. The van der Waals surface area contributed by atoms with Crippen LogP contribution in [0, 0.1) is 0 Å². The molecule has 106 valence electrons. The van der Waals surface area contributed by atoms with Crippen LogP contribution in [0.3, 0.4) is 0 Å². The van der Waals surface area contributed by atoms with Crippen molar-refractivity contribution in [1.29, 1.82) is 0 Å². The van der Waals surface area contributed by atoms with Gasteiger partial charge >= 0.3 is 5.97 Å². The van der Waals surface area contributed by atoms with Crippen LogP contribution in [0.25, 0.3) is 20.8 Å². The van der Waals surface area contributed by atoms with Crippen molar-refractivity contribution >= 4 is 62.3 Å². The topological polar surface area (TPSA) is 50.2 Å². The largest absolute Gasteiger partial charge is 0.478 e. The molecule has 0 atom stereocenters. The molecule has 3 aromatic rings. The Morgan fingerprint density at radius 1 is 1.10 bits per heavy atom. The van der Waals surface area contributed by atoms with E-state index in [1.165, 1.54) is 23.5 Å². The van der Waals surface area contributed by atoms with Gasteiger partial charge in [-0.25, -0.2) is 9.78 Å². The first-order valence-electron chi connectivity index (χ1n) is 5.74. The van der Waals surface area contributed by atoms with E-state index in [1.807, 2.05) is 6.07 Å². The number of aromatic nitrogens is 1. The van der Waals surface area contributed by atoms with E-state index in [2.05, 4.69) is 4.98 Å². The molecule has 3 rings (SSSR count). The fraction of sp³-hybridized carbons (Fsp3) is 0. The predicted molar refractivity (Wildman–Crippen MR) is 87.0 cm³/mol. The van der Waals surface area contributed by atoms with Crippen molar-refractivity contribution in [2.45, 2.75) is 0 Å². The Labute approximate surface area is 138 Å². The molecule has 1 aromatic heterocycles. The lowest BCUT2D eigenvalue weighted by molar-refractivity contribution is 0.0697. The van der Waals surface area contributed by atoms with Crippen LogP contribution < -0.4 is 0 Å². The van der Waals surface area contributed by atoms with E-state index < -0.39 is 5.97 Å². The van der Waals surface area contributed by atoms with Gasteiger partial charge in [0.05, 0.1) is 25.8 Å². The number of fused-ring (bicyclic) bond motifs is 1. The summed E-state index contributed by atoms with van der Waals surface area (Å²) in [6.45, 7) is 0. The van der Waals surface area contributed by atoms with Crippen molar-refractivity contribution in [2.75, 3.05) is 0 Å². The van der Waals surface area contributed by atoms with Crippen molar-refractivity contribution < 1.29 is 9.90 Å². The second-order valence-electron chi connectivity index (χ2n) is 4.25. The molecule has 0 aliphatic carbocycles. The van der Waals surface area contributed by atoms with Gasteiger partial charge in [-0.3, -0.25) is 0 Å². The fourth-order valence-corrected chi connectivity index (χ4v) is 3.39. The highest BCUT2D eigenvalue weighted by Gasteiger charge is 2.18. The van der Waals surface area contributed by atoms with Crippen molar-refractivity contribution in [1.82, 2.24) is 4.98 Å². The number of hydrogen-bond donors (Lipinski definition) is 1. The molecule has 2 aromatic carbocycles. The van der Waals surface area contributed by atoms with Crippen LogP contribution in [0.1, 0.15) is 10.4 Å². The summed E-state index contributed by atoms with van der Waals surface area (Å²) < 4.78 is 0.914. The second-order valence-corrected chi connectivity index (χ2v) is 6.53. The Hall–Kier alpha value is -1.33. The Morgan fingerprint density at radius 2 is 1.81 bits per heavy atom. The number of nitrogens with zero attached hydrogens (tertiary/aromatic N) is 1. The smallest absolute Gasteiger partial charge is 0.336 e. The van der Waals surface area contributed by atoms with E-state index in [-0.39, 0.29) is 15.6 Å². The number of carbonyl (C=O) groups is 1. The molecule has 0 aliphatic heterocycles. The number of rotatable bonds is 2. The molecular weight excluding hydrogens is 353 g/mol. The number of benzene rings is 2. The van der Waals surface area contributed by atoms with Gasteiger partial charge in [0.2, 0.25) is 0 Å². The lowest BCUT2D eigenvalue weighted by Gasteiger charge is -2.05. The molecular formula is C14H6Cl3NO2S. The van der Waals surface area contributed by atoms with Gasteiger partial charge in [0, 0.05) is 10.6 Å². The van der Waals surface area contributed by atoms with Gasteiger partial charge in [-0.2, -0.15) is 0 Å². The van der Waals surface area contributed by atoms with Crippen LogP contribution in [-0.2, 0) is 0 Å². The summed E-state index contributed by atoms with van der Waals surface area (Å²) >= 11 is 19.2. The monoisotopic (exact) mass is 357 g/mol. The van der Waals surface area contributed by atoms with Gasteiger partial charge in [-0.1, -0.05) is 34.8 Å². The summed E-state index contributed by atoms with van der Waals surface area (Å²) in [4.78, 5) is 15.8. The molecule has 7 heteroatoms.